The van der Waals surface area contributed by atoms with Crippen molar-refractivity contribution < 1.29 is 66.7 Å². The number of aliphatic hydroxyl groups excluding tert-OH is 2. The van der Waals surface area contributed by atoms with Crippen LogP contribution in [0.3, 0.4) is 0 Å². The predicted octanol–water partition coefficient (Wildman–Crippen LogP) is 8.10. The van der Waals surface area contributed by atoms with Gasteiger partial charge in [-0.1, -0.05) is 126 Å². The molecule has 5 N–H and O–H groups in total. The minimum atomic E-state index is -4.88. The molecule has 16 heteroatoms. The molecule has 0 heterocycles. The van der Waals surface area contributed by atoms with Crippen LogP contribution in [0.2, 0.25) is 0 Å². The predicted molar refractivity (Wildman–Crippen MR) is 213 cm³/mol. The van der Waals surface area contributed by atoms with E-state index in [0.717, 1.165) is 57.3 Å². The number of hydrogen-bond acceptors (Lipinski definition) is 11. The van der Waals surface area contributed by atoms with Crippen LogP contribution in [-0.2, 0) is 41.8 Å². The van der Waals surface area contributed by atoms with Gasteiger partial charge in [0.1, 0.15) is 12.7 Å². The smallest absolute Gasteiger partial charge is 0.462 e. The summed E-state index contributed by atoms with van der Waals surface area (Å²) in [5.74, 6) is -0.522. The lowest BCUT2D eigenvalue weighted by Gasteiger charge is -2.20. The van der Waals surface area contributed by atoms with Gasteiger partial charge in [0, 0.05) is 12.8 Å². The minimum Gasteiger partial charge on any atom is -0.462 e. The summed E-state index contributed by atoms with van der Waals surface area (Å²) in [6.45, 7) is 3.62. The average Bonchev–Trinajstić information content (AvgIpc) is 3.13. The van der Waals surface area contributed by atoms with Gasteiger partial charge in [-0.2, -0.15) is 0 Å². The Labute approximate surface area is 328 Å². The van der Waals surface area contributed by atoms with Gasteiger partial charge in [-0.25, -0.2) is 9.13 Å². The first-order chi connectivity index (χ1) is 26.2. The number of rotatable bonds is 35. The topological polar surface area (TPSA) is 216 Å². The Morgan fingerprint density at radius 3 is 1.84 bits per heavy atom. The highest BCUT2D eigenvalue weighted by atomic mass is 31.2. The Bertz CT molecular complexity index is 1240. The quantitative estimate of drug-likeness (QED) is 0.0134. The van der Waals surface area contributed by atoms with E-state index in [0.29, 0.717) is 19.3 Å². The van der Waals surface area contributed by atoms with Crippen molar-refractivity contribution in [1.82, 2.24) is 0 Å². The molecule has 0 radical (unpaired) electrons. The third kappa shape index (κ3) is 37.1. The van der Waals surface area contributed by atoms with E-state index in [1.807, 2.05) is 12.2 Å². The van der Waals surface area contributed by atoms with E-state index in [1.54, 1.807) is 12.2 Å². The Balaban J connectivity index is 4.77. The monoisotopic (exact) mass is 822 g/mol. The summed E-state index contributed by atoms with van der Waals surface area (Å²) in [7, 11) is -9.73. The summed E-state index contributed by atoms with van der Waals surface area (Å²) < 4.78 is 47.4. The number of ether oxygens (including phenoxy) is 2. The Kier molecular flexibility index (Phi) is 32.5. The van der Waals surface area contributed by atoms with Crippen LogP contribution >= 0.6 is 15.6 Å². The average molecular weight is 823 g/mol. The zero-order chi connectivity index (χ0) is 41.2. The maximum absolute atomic E-state index is 12.6. The zero-order valence-electron chi connectivity index (χ0n) is 33.0. The molecule has 0 aromatic heterocycles. The molecule has 0 aromatic rings. The fourth-order valence-corrected chi connectivity index (χ4v) is 5.86. The van der Waals surface area contributed by atoms with Crippen LogP contribution in [0.5, 0.6) is 0 Å². The van der Waals surface area contributed by atoms with Gasteiger partial charge in [0.15, 0.2) is 6.10 Å². The number of esters is 2. The molecule has 55 heavy (non-hydrogen) atoms. The molecule has 0 rings (SSSR count). The molecule has 318 valence electrons. The highest BCUT2D eigenvalue weighted by molar-refractivity contribution is 7.47. The number of phosphoric acid groups is 2. The molecule has 0 saturated heterocycles. The molecule has 0 bridgehead atoms. The highest BCUT2D eigenvalue weighted by Gasteiger charge is 2.28. The van der Waals surface area contributed by atoms with Crippen molar-refractivity contribution in [2.45, 2.75) is 142 Å². The van der Waals surface area contributed by atoms with Gasteiger partial charge in [-0.3, -0.25) is 23.2 Å². The molecular formula is C39H68O14P2. The van der Waals surface area contributed by atoms with E-state index in [2.05, 4.69) is 66.3 Å². The van der Waals surface area contributed by atoms with Crippen molar-refractivity contribution in [2.24, 2.45) is 5.92 Å². The van der Waals surface area contributed by atoms with Crippen LogP contribution in [-0.4, -0.2) is 81.6 Å². The zero-order valence-corrected chi connectivity index (χ0v) is 34.8. The summed E-state index contributed by atoms with van der Waals surface area (Å²) in [6, 6.07) is 0. The first kappa shape index (κ1) is 52.8. The minimum absolute atomic E-state index is 0.0378. The molecule has 0 spiro atoms. The van der Waals surface area contributed by atoms with Crippen molar-refractivity contribution in [3.8, 4) is 0 Å². The fourth-order valence-electron chi connectivity index (χ4n) is 4.70. The number of carbonyl (C=O) groups is 2. The van der Waals surface area contributed by atoms with E-state index >= 15 is 0 Å². The molecular weight excluding hydrogens is 754 g/mol. The summed E-state index contributed by atoms with van der Waals surface area (Å²) in [5.41, 5.74) is 0. The SMILES string of the molecule is CC/C=C\C/C=C\C/C=C\C/C=C\C=C\C(O)CCCC(=O)OC[C@H](COP(=O)(O)OC[C@@H](O)COP(=O)(O)O)OC(=O)CCCCCCCCC(C)CC. The number of allylic oxidation sites excluding steroid dienone is 9. The third-order valence-corrected chi connectivity index (χ3v) is 9.49. The van der Waals surface area contributed by atoms with Crippen molar-refractivity contribution in [1.29, 1.82) is 0 Å². The second kappa shape index (κ2) is 33.9. The molecule has 0 aromatic carbocycles. The Morgan fingerprint density at radius 1 is 0.636 bits per heavy atom. The Hall–Kier alpha value is -2.22. The standard InChI is InChI=1S/C39H68O14P2/c1-4-6-7-8-9-10-11-12-13-14-15-19-22-26-35(40)27-24-29-38(42)49-32-37(33-52-55(47,48)51-31-36(41)30-50-54(44,45)46)53-39(43)28-23-20-17-16-18-21-25-34(3)5-2/h6-7,9-10,12-13,15,19,22,26,34-37,40-41H,4-5,8,11,14,16-18,20-21,23-25,27-33H2,1-3H3,(H,47,48)(H2,44,45,46)/b7-6-,10-9-,13-12-,19-15-,26-22+/t34?,35?,36-,37+/m0/s1. The number of hydrogen-bond donors (Lipinski definition) is 5. The Morgan fingerprint density at radius 2 is 1.20 bits per heavy atom. The van der Waals surface area contributed by atoms with E-state index < -0.39 is 72.3 Å². The molecule has 3 unspecified atom stereocenters. The van der Waals surface area contributed by atoms with Gasteiger partial charge in [0.2, 0.25) is 0 Å². The molecule has 0 fully saturated rings. The lowest BCUT2D eigenvalue weighted by molar-refractivity contribution is -0.161. The van der Waals surface area contributed by atoms with Gasteiger partial charge in [0.25, 0.3) is 0 Å². The van der Waals surface area contributed by atoms with Gasteiger partial charge >= 0.3 is 27.6 Å². The van der Waals surface area contributed by atoms with Gasteiger partial charge in [-0.15, -0.1) is 0 Å². The maximum Gasteiger partial charge on any atom is 0.472 e. The molecule has 14 nitrogen and oxygen atoms in total. The number of carbonyl (C=O) groups excluding carboxylic acids is 2. The van der Waals surface area contributed by atoms with Crippen molar-refractivity contribution in [3.05, 3.63) is 60.8 Å². The van der Waals surface area contributed by atoms with Crippen molar-refractivity contribution >= 4 is 27.6 Å². The van der Waals surface area contributed by atoms with E-state index in [4.69, 9.17) is 23.8 Å². The largest absolute Gasteiger partial charge is 0.472 e. The van der Waals surface area contributed by atoms with Crippen LogP contribution in [0.15, 0.2) is 60.8 Å². The first-order valence-electron chi connectivity index (χ1n) is 19.5. The van der Waals surface area contributed by atoms with E-state index in [9.17, 15) is 33.8 Å². The number of phosphoric ester groups is 2. The van der Waals surface area contributed by atoms with Crippen LogP contribution in [0.4, 0.5) is 0 Å². The molecule has 0 saturated carbocycles. The lowest BCUT2D eigenvalue weighted by Crippen LogP contribution is -2.30. The van der Waals surface area contributed by atoms with Crippen LogP contribution in [0.25, 0.3) is 0 Å². The molecule has 0 aliphatic rings. The van der Waals surface area contributed by atoms with Crippen molar-refractivity contribution in [2.75, 3.05) is 26.4 Å². The second-order valence-electron chi connectivity index (χ2n) is 13.3. The van der Waals surface area contributed by atoms with Crippen LogP contribution in [0.1, 0.15) is 124 Å². The van der Waals surface area contributed by atoms with Gasteiger partial charge < -0.3 is 34.4 Å². The van der Waals surface area contributed by atoms with Crippen LogP contribution in [0, 0.1) is 5.92 Å². The number of aliphatic hydroxyl groups is 2. The summed E-state index contributed by atoms with van der Waals surface area (Å²) in [5, 5.41) is 19.9. The summed E-state index contributed by atoms with van der Waals surface area (Å²) in [6.07, 6.45) is 28.6. The normalized spacial score (nSPS) is 16.0. The maximum atomic E-state index is 12.6. The third-order valence-electron chi connectivity index (χ3n) is 8.06. The van der Waals surface area contributed by atoms with Gasteiger partial charge in [-0.05, 0) is 50.9 Å². The summed E-state index contributed by atoms with van der Waals surface area (Å²) in [4.78, 5) is 52.5. The second-order valence-corrected chi connectivity index (χ2v) is 16.0. The molecule has 0 aliphatic carbocycles. The molecule has 0 amide bonds. The van der Waals surface area contributed by atoms with Gasteiger partial charge in [0.05, 0.1) is 25.9 Å². The molecule has 0 aliphatic heterocycles. The first-order valence-corrected chi connectivity index (χ1v) is 22.5. The van der Waals surface area contributed by atoms with Crippen LogP contribution < -0.4 is 0 Å². The highest BCUT2D eigenvalue weighted by Crippen LogP contribution is 2.43. The van der Waals surface area contributed by atoms with Crippen molar-refractivity contribution in [3.63, 3.8) is 0 Å². The molecule has 5 atom stereocenters. The number of unbranched alkanes of at least 4 members (excludes halogenated alkanes) is 5. The summed E-state index contributed by atoms with van der Waals surface area (Å²) >= 11 is 0. The van der Waals surface area contributed by atoms with E-state index in [1.165, 1.54) is 19.3 Å². The fraction of sp³-hybridized carbons (Fsp3) is 0.692. The lowest BCUT2D eigenvalue weighted by atomic mass is 10.00. The van der Waals surface area contributed by atoms with E-state index in [-0.39, 0.29) is 12.8 Å².